The molecule has 48 heavy (non-hydrogen) atoms. The number of halogens is 2. The molecule has 242 valence electrons. The molecule has 0 radical (unpaired) electrons. The van der Waals surface area contributed by atoms with Crippen molar-refractivity contribution in [3.05, 3.63) is 204 Å². The van der Waals surface area contributed by atoms with Crippen molar-refractivity contribution in [3.8, 4) is 11.4 Å². The van der Waals surface area contributed by atoms with Gasteiger partial charge in [0.2, 0.25) is 0 Å². The Hall–Kier alpha value is -3.97. The zero-order valence-electron chi connectivity index (χ0n) is 26.8. The van der Waals surface area contributed by atoms with Crippen LogP contribution in [0.1, 0.15) is 16.7 Å². The SMILES string of the molecule is Cc1cccc(-n2ccn(-c3cccc(C)c3)c2=P(c2ccccc2)(c2ccccc2)c2ccccc2)c1.[Cl][Ru]([Cl])=[CH]c1ccccc1. The Bertz CT molecular complexity index is 2050. The molecule has 0 unspecified atom stereocenters. The van der Waals surface area contributed by atoms with E-state index < -0.39 is 20.4 Å². The summed E-state index contributed by atoms with van der Waals surface area (Å²) in [6.07, 6.45) is 4.46. The van der Waals surface area contributed by atoms with E-state index >= 15 is 0 Å². The van der Waals surface area contributed by atoms with E-state index in [4.69, 9.17) is 19.4 Å². The Morgan fingerprint density at radius 3 is 1.21 bits per heavy atom. The van der Waals surface area contributed by atoms with Crippen LogP contribution in [0.5, 0.6) is 0 Å². The van der Waals surface area contributed by atoms with Gasteiger partial charge in [-0.1, -0.05) is 115 Å². The van der Waals surface area contributed by atoms with Gasteiger partial charge in [0.25, 0.3) is 0 Å². The van der Waals surface area contributed by atoms with Gasteiger partial charge in [-0.2, -0.15) is 0 Å². The summed E-state index contributed by atoms with van der Waals surface area (Å²) < 4.78 is 6.75. The molecule has 0 saturated carbocycles. The van der Waals surface area contributed by atoms with Gasteiger partial charge in [-0.25, -0.2) is 0 Å². The molecule has 0 aliphatic carbocycles. The molecule has 0 aliphatic heterocycles. The Morgan fingerprint density at radius 1 is 0.479 bits per heavy atom. The second-order valence-electron chi connectivity index (χ2n) is 11.4. The fourth-order valence-electron chi connectivity index (χ4n) is 6.02. The van der Waals surface area contributed by atoms with Crippen molar-refractivity contribution in [3.63, 3.8) is 0 Å². The minimum atomic E-state index is -2.37. The first kappa shape index (κ1) is 33.9. The average molecular weight is 773 g/mol. The van der Waals surface area contributed by atoms with Gasteiger partial charge >= 0.3 is 73.4 Å². The van der Waals surface area contributed by atoms with Crippen molar-refractivity contribution in [2.45, 2.75) is 13.8 Å². The summed E-state index contributed by atoms with van der Waals surface area (Å²) in [4.78, 5) is 0. The topological polar surface area (TPSA) is 9.86 Å². The Morgan fingerprint density at radius 2 is 0.854 bits per heavy atom. The average Bonchev–Trinajstić information content (AvgIpc) is 3.56. The van der Waals surface area contributed by atoms with Gasteiger partial charge < -0.3 is 9.13 Å². The van der Waals surface area contributed by atoms with Gasteiger partial charge in [0.15, 0.2) is 0 Å². The zero-order chi connectivity index (χ0) is 33.3. The minimum absolute atomic E-state index is 1.12. The van der Waals surface area contributed by atoms with Gasteiger partial charge in [-0.15, -0.1) is 0 Å². The molecule has 0 N–H and O–H groups in total. The monoisotopic (exact) mass is 772 g/mol. The van der Waals surface area contributed by atoms with Crippen LogP contribution in [0.2, 0.25) is 0 Å². The van der Waals surface area contributed by atoms with Crippen LogP contribution in [0.4, 0.5) is 0 Å². The number of aryl methyl sites for hydroxylation is 2. The molecule has 7 rings (SSSR count). The predicted molar refractivity (Wildman–Crippen MR) is 206 cm³/mol. The molecule has 2 nitrogen and oxygen atoms in total. The first-order valence-electron chi connectivity index (χ1n) is 15.7. The Labute approximate surface area is 297 Å². The molecule has 1 aromatic heterocycles. The molecule has 6 heteroatoms. The number of benzene rings is 6. The Balaban J connectivity index is 0.000000345. The van der Waals surface area contributed by atoms with E-state index in [0.29, 0.717) is 0 Å². The molecule has 7 aromatic rings. The number of aromatic nitrogens is 2. The number of nitrogens with zero attached hydrogens (tertiary/aromatic N) is 2. The maximum absolute atomic E-state index is 5.67. The van der Waals surface area contributed by atoms with Gasteiger partial charge in [0.1, 0.15) is 5.20 Å². The third kappa shape index (κ3) is 7.52. The van der Waals surface area contributed by atoms with E-state index in [1.165, 1.54) is 43.6 Å². The van der Waals surface area contributed by atoms with Crippen molar-refractivity contribution >= 4 is 46.8 Å². The van der Waals surface area contributed by atoms with Crippen LogP contribution in [0.3, 0.4) is 0 Å². The fourth-order valence-corrected chi connectivity index (χ4v) is 12.3. The van der Waals surface area contributed by atoms with Crippen LogP contribution in [-0.4, -0.2) is 13.7 Å². The molecule has 0 aliphatic rings. The molecule has 0 spiro atoms. The standard InChI is InChI=1S/C35H31N2P.C7H6.2ClH.Ru/c1-28-14-12-16-30(26-28)36-24-25-37(31-17-13-15-29(2)27-31)35(36)38(32-18-6-3-7-19-32,33-20-8-4-9-21-33)34-22-10-5-11-23-34;1-7-5-3-2-4-6-7;;;/h3-27H,1-2H3;1-6H;2*1H;/q;;;;+2/p-2. The molecule has 6 aromatic carbocycles. The molecule has 0 fully saturated rings. The Kier molecular flexibility index (Phi) is 11.3. The maximum atomic E-state index is 5.67. The van der Waals surface area contributed by atoms with Crippen LogP contribution in [0.25, 0.3) is 11.4 Å². The van der Waals surface area contributed by atoms with Crippen LogP contribution < -0.4 is 15.9 Å². The van der Waals surface area contributed by atoms with Crippen molar-refractivity contribution in [2.24, 2.45) is 0 Å². The third-order valence-corrected chi connectivity index (χ3v) is 14.2. The zero-order valence-corrected chi connectivity index (χ0v) is 31.0. The van der Waals surface area contributed by atoms with Crippen LogP contribution >= 0.6 is 26.3 Å². The van der Waals surface area contributed by atoms with Gasteiger partial charge in [0.05, 0.1) is 0 Å². The van der Waals surface area contributed by atoms with E-state index in [0.717, 1.165) is 5.56 Å². The number of imidazole rings is 1. The summed E-state index contributed by atoms with van der Waals surface area (Å²) in [7, 11) is 11.3. The van der Waals surface area contributed by atoms with Gasteiger partial charge in [0, 0.05) is 30.7 Å². The predicted octanol–water partition coefficient (Wildman–Crippen LogP) is 10.2. The summed E-state index contributed by atoms with van der Waals surface area (Å²) in [5.41, 5.74) is 5.93. The summed E-state index contributed by atoms with van der Waals surface area (Å²) >= 11 is -1.61. The summed E-state index contributed by atoms with van der Waals surface area (Å²) in [6, 6.07) is 60.7. The molecule has 0 saturated heterocycles. The summed E-state index contributed by atoms with van der Waals surface area (Å²) in [5, 5.41) is 5.24. The molecule has 1 heterocycles. The molecule has 0 atom stereocenters. The van der Waals surface area contributed by atoms with Crippen molar-refractivity contribution in [2.75, 3.05) is 0 Å². The van der Waals surface area contributed by atoms with Gasteiger partial charge in [-0.3, -0.25) is 0 Å². The number of hydrogen-bond donors (Lipinski definition) is 0. The molecular formula is C42H37Cl2N2PRu. The van der Waals surface area contributed by atoms with E-state index in [1.54, 1.807) is 0 Å². The van der Waals surface area contributed by atoms with E-state index in [9.17, 15) is 0 Å². The molecule has 0 bridgehead atoms. The van der Waals surface area contributed by atoms with Crippen molar-refractivity contribution in [1.82, 2.24) is 9.13 Å². The number of hydrogen-bond acceptors (Lipinski definition) is 0. The second-order valence-corrected chi connectivity index (χ2v) is 20.4. The quantitative estimate of drug-likeness (QED) is 0.118. The summed E-state index contributed by atoms with van der Waals surface area (Å²) in [5.74, 6) is 0. The summed E-state index contributed by atoms with van der Waals surface area (Å²) in [6.45, 7) is 1.96. The van der Waals surface area contributed by atoms with Crippen molar-refractivity contribution < 1.29 is 13.5 Å². The first-order valence-corrected chi connectivity index (χ1v) is 23.0. The van der Waals surface area contributed by atoms with Crippen LogP contribution in [-0.2, 0) is 13.5 Å². The molecule has 0 amide bonds. The van der Waals surface area contributed by atoms with Crippen molar-refractivity contribution in [1.29, 1.82) is 0 Å². The third-order valence-electron chi connectivity index (χ3n) is 8.08. The van der Waals surface area contributed by atoms with Crippen LogP contribution in [0, 0.1) is 19.0 Å². The van der Waals surface area contributed by atoms with E-state index in [-0.39, 0.29) is 0 Å². The van der Waals surface area contributed by atoms with E-state index in [1.807, 2.05) is 34.9 Å². The normalized spacial score (nSPS) is 11.3. The first-order chi connectivity index (χ1) is 23.5. The second kappa shape index (κ2) is 16.0. The number of rotatable bonds is 6. The van der Waals surface area contributed by atoms with Crippen LogP contribution in [0.15, 0.2) is 182 Å². The molecular weight excluding hydrogens is 735 g/mol. The fraction of sp³-hybridized carbons (Fsp3) is 0.0476. The van der Waals surface area contributed by atoms with Gasteiger partial charge in [-0.05, 0) is 65.2 Å². The van der Waals surface area contributed by atoms with E-state index in [2.05, 4.69) is 175 Å².